The molecule has 0 bridgehead atoms. The molecule has 0 radical (unpaired) electrons. The van der Waals surface area contributed by atoms with Crippen molar-refractivity contribution in [3.8, 4) is 0 Å². The van der Waals surface area contributed by atoms with Crippen LogP contribution in [0.4, 0.5) is 0 Å². The standard InChI is InChI=1S/C13H20N2O2/c1-10-4-6-13(17-3,7-5-10)11(16)12-14-8-9-15(12)2/h8-10H,4-7H2,1-3H3. The molecule has 0 unspecified atom stereocenters. The molecule has 0 saturated heterocycles. The Morgan fingerprint density at radius 1 is 1.53 bits per heavy atom. The van der Waals surface area contributed by atoms with Crippen molar-refractivity contribution in [3.63, 3.8) is 0 Å². The number of aryl methyl sites for hydroxylation is 1. The largest absolute Gasteiger partial charge is 0.370 e. The van der Waals surface area contributed by atoms with Crippen molar-refractivity contribution in [3.05, 3.63) is 18.2 Å². The maximum atomic E-state index is 12.5. The molecule has 94 valence electrons. The molecule has 4 nitrogen and oxygen atoms in total. The van der Waals surface area contributed by atoms with E-state index in [1.165, 1.54) is 0 Å². The van der Waals surface area contributed by atoms with E-state index in [0.29, 0.717) is 11.7 Å². The van der Waals surface area contributed by atoms with Gasteiger partial charge >= 0.3 is 0 Å². The summed E-state index contributed by atoms with van der Waals surface area (Å²) in [7, 11) is 3.48. The van der Waals surface area contributed by atoms with Crippen LogP contribution < -0.4 is 0 Å². The van der Waals surface area contributed by atoms with E-state index in [9.17, 15) is 4.79 Å². The highest BCUT2D eigenvalue weighted by Crippen LogP contribution is 2.36. The first kappa shape index (κ1) is 12.3. The van der Waals surface area contributed by atoms with Crippen LogP contribution in [0.3, 0.4) is 0 Å². The molecule has 1 saturated carbocycles. The molecule has 0 atom stereocenters. The van der Waals surface area contributed by atoms with Crippen molar-refractivity contribution >= 4 is 5.78 Å². The molecular formula is C13H20N2O2. The summed E-state index contributed by atoms with van der Waals surface area (Å²) >= 11 is 0. The van der Waals surface area contributed by atoms with E-state index in [1.807, 2.05) is 7.05 Å². The molecule has 0 amide bonds. The van der Waals surface area contributed by atoms with Crippen LogP contribution in [0.1, 0.15) is 43.2 Å². The van der Waals surface area contributed by atoms with E-state index in [-0.39, 0.29) is 5.78 Å². The predicted octanol–water partition coefficient (Wildman–Crippen LogP) is 2.20. The van der Waals surface area contributed by atoms with Gasteiger partial charge in [0.05, 0.1) is 0 Å². The SMILES string of the molecule is COC1(C(=O)c2nccn2C)CCC(C)CC1. The summed E-state index contributed by atoms with van der Waals surface area (Å²) in [6.45, 7) is 2.23. The first-order valence-corrected chi connectivity index (χ1v) is 6.16. The number of aromatic nitrogens is 2. The molecule has 1 aromatic rings. The third-order valence-corrected chi connectivity index (χ3v) is 3.91. The first-order valence-electron chi connectivity index (χ1n) is 6.16. The second kappa shape index (κ2) is 4.61. The number of carbonyl (C=O) groups excluding carboxylic acids is 1. The number of hydrogen-bond acceptors (Lipinski definition) is 3. The van der Waals surface area contributed by atoms with Gasteiger partial charge in [0.2, 0.25) is 5.78 Å². The quantitative estimate of drug-likeness (QED) is 0.756. The second-order valence-electron chi connectivity index (χ2n) is 5.07. The molecule has 1 aromatic heterocycles. The maximum absolute atomic E-state index is 12.5. The van der Waals surface area contributed by atoms with Crippen molar-refractivity contribution in [2.45, 2.75) is 38.2 Å². The lowest BCUT2D eigenvalue weighted by atomic mass is 9.77. The summed E-state index contributed by atoms with van der Waals surface area (Å²) < 4.78 is 7.33. The van der Waals surface area contributed by atoms with Crippen LogP contribution in [0.5, 0.6) is 0 Å². The molecule has 1 aliphatic rings. The van der Waals surface area contributed by atoms with E-state index in [2.05, 4.69) is 11.9 Å². The number of rotatable bonds is 3. The third-order valence-electron chi connectivity index (χ3n) is 3.91. The lowest BCUT2D eigenvalue weighted by molar-refractivity contribution is -0.0272. The number of Topliss-reactive ketones (excluding diaryl/α,β-unsaturated/α-hetero) is 1. The summed E-state index contributed by atoms with van der Waals surface area (Å²) in [5, 5.41) is 0. The average Bonchev–Trinajstić information content (AvgIpc) is 2.76. The molecule has 1 aliphatic carbocycles. The van der Waals surface area contributed by atoms with Gasteiger partial charge in [-0.1, -0.05) is 6.92 Å². The fourth-order valence-electron chi connectivity index (χ4n) is 2.54. The topological polar surface area (TPSA) is 44.1 Å². The smallest absolute Gasteiger partial charge is 0.229 e. The lowest BCUT2D eigenvalue weighted by Gasteiger charge is -2.36. The minimum Gasteiger partial charge on any atom is -0.370 e. The molecule has 2 rings (SSSR count). The van der Waals surface area contributed by atoms with Gasteiger partial charge in [0.15, 0.2) is 5.82 Å². The summed E-state index contributed by atoms with van der Waals surface area (Å²) in [5.41, 5.74) is -0.647. The van der Waals surface area contributed by atoms with Crippen LogP contribution in [-0.4, -0.2) is 28.0 Å². The Morgan fingerprint density at radius 3 is 2.65 bits per heavy atom. The van der Waals surface area contributed by atoms with Crippen molar-refractivity contribution in [2.75, 3.05) is 7.11 Å². The van der Waals surface area contributed by atoms with E-state index in [0.717, 1.165) is 25.7 Å². The van der Waals surface area contributed by atoms with Crippen LogP contribution in [-0.2, 0) is 11.8 Å². The van der Waals surface area contributed by atoms with Crippen LogP contribution in [0.15, 0.2) is 12.4 Å². The van der Waals surface area contributed by atoms with Crippen molar-refractivity contribution in [2.24, 2.45) is 13.0 Å². The molecule has 0 N–H and O–H groups in total. The number of methoxy groups -OCH3 is 1. The number of imidazole rings is 1. The van der Waals surface area contributed by atoms with E-state index in [4.69, 9.17) is 4.74 Å². The fraction of sp³-hybridized carbons (Fsp3) is 0.692. The Labute approximate surface area is 102 Å². The Bertz CT molecular complexity index is 403. The highest BCUT2D eigenvalue weighted by molar-refractivity contribution is 5.99. The molecule has 0 aliphatic heterocycles. The Kier molecular flexibility index (Phi) is 3.33. The maximum Gasteiger partial charge on any atom is 0.229 e. The number of nitrogens with zero attached hydrogens (tertiary/aromatic N) is 2. The molecule has 0 spiro atoms. The van der Waals surface area contributed by atoms with E-state index >= 15 is 0 Å². The van der Waals surface area contributed by atoms with Gasteiger partial charge in [-0.2, -0.15) is 0 Å². The van der Waals surface area contributed by atoms with Crippen molar-refractivity contribution < 1.29 is 9.53 Å². The monoisotopic (exact) mass is 236 g/mol. The normalized spacial score (nSPS) is 29.2. The van der Waals surface area contributed by atoms with Gasteiger partial charge in [-0.3, -0.25) is 4.79 Å². The van der Waals surface area contributed by atoms with Gasteiger partial charge in [0, 0.05) is 26.6 Å². The molecule has 0 aromatic carbocycles. The third kappa shape index (κ3) is 2.14. The van der Waals surface area contributed by atoms with Crippen molar-refractivity contribution in [1.82, 2.24) is 9.55 Å². The van der Waals surface area contributed by atoms with Gasteiger partial charge in [-0.25, -0.2) is 4.98 Å². The summed E-state index contributed by atoms with van der Waals surface area (Å²) in [6, 6.07) is 0. The minimum absolute atomic E-state index is 0.0272. The van der Waals surface area contributed by atoms with E-state index < -0.39 is 5.60 Å². The lowest BCUT2D eigenvalue weighted by Crippen LogP contribution is -2.44. The Hall–Kier alpha value is -1.16. The average molecular weight is 236 g/mol. The van der Waals surface area contributed by atoms with E-state index in [1.54, 1.807) is 24.1 Å². The minimum atomic E-state index is -0.647. The highest BCUT2D eigenvalue weighted by atomic mass is 16.5. The molecule has 1 fully saturated rings. The number of carbonyl (C=O) groups is 1. The summed E-state index contributed by atoms with van der Waals surface area (Å²) in [6.07, 6.45) is 7.14. The second-order valence-corrected chi connectivity index (χ2v) is 5.07. The molecular weight excluding hydrogens is 216 g/mol. The number of ketones is 1. The molecule has 1 heterocycles. The van der Waals surface area contributed by atoms with Crippen LogP contribution in [0.2, 0.25) is 0 Å². The van der Waals surface area contributed by atoms with Crippen LogP contribution in [0, 0.1) is 5.92 Å². The van der Waals surface area contributed by atoms with Gasteiger partial charge in [-0.05, 0) is 31.6 Å². The number of hydrogen-bond donors (Lipinski definition) is 0. The van der Waals surface area contributed by atoms with Crippen LogP contribution >= 0.6 is 0 Å². The zero-order chi connectivity index (χ0) is 12.5. The summed E-state index contributed by atoms with van der Waals surface area (Å²) in [5.74, 6) is 1.22. The van der Waals surface area contributed by atoms with Gasteiger partial charge in [0.25, 0.3) is 0 Å². The molecule has 4 heteroatoms. The Morgan fingerprint density at radius 2 is 2.18 bits per heavy atom. The van der Waals surface area contributed by atoms with Gasteiger partial charge in [0.1, 0.15) is 5.60 Å². The first-order chi connectivity index (χ1) is 8.09. The zero-order valence-electron chi connectivity index (χ0n) is 10.8. The zero-order valence-corrected chi connectivity index (χ0v) is 10.8. The predicted molar refractivity (Wildman–Crippen MR) is 64.9 cm³/mol. The van der Waals surface area contributed by atoms with Gasteiger partial charge < -0.3 is 9.30 Å². The van der Waals surface area contributed by atoms with Gasteiger partial charge in [-0.15, -0.1) is 0 Å². The van der Waals surface area contributed by atoms with Crippen LogP contribution in [0.25, 0.3) is 0 Å². The van der Waals surface area contributed by atoms with Crippen molar-refractivity contribution in [1.29, 1.82) is 0 Å². The fourth-order valence-corrected chi connectivity index (χ4v) is 2.54. The highest BCUT2D eigenvalue weighted by Gasteiger charge is 2.43. The number of ether oxygens (including phenoxy) is 1. The summed E-state index contributed by atoms with van der Waals surface area (Å²) in [4.78, 5) is 16.7. The Balaban J connectivity index is 2.24. The molecule has 17 heavy (non-hydrogen) atoms.